The molecule has 0 radical (unpaired) electrons. The topological polar surface area (TPSA) is 57.5 Å². The van der Waals surface area contributed by atoms with Crippen molar-refractivity contribution in [2.24, 2.45) is 10.1 Å². The molecule has 9 heteroatoms. The van der Waals surface area contributed by atoms with E-state index >= 15 is 0 Å². The maximum atomic E-state index is 13.8. The highest BCUT2D eigenvalue weighted by atomic mass is 32.2. The monoisotopic (exact) mass is 418 g/mol. The first-order valence-corrected chi connectivity index (χ1v) is 10.4. The molecule has 1 saturated heterocycles. The van der Waals surface area contributed by atoms with Gasteiger partial charge in [0.25, 0.3) is 0 Å². The Morgan fingerprint density at radius 1 is 1.25 bits per heavy atom. The van der Waals surface area contributed by atoms with E-state index in [1.54, 1.807) is 17.0 Å². The molecule has 1 aromatic rings. The Balaban J connectivity index is 1.54. The Kier molecular flexibility index (Phi) is 5.72. The van der Waals surface area contributed by atoms with Crippen LogP contribution < -0.4 is 4.74 Å². The number of hydrazone groups is 1. The third-order valence-electron chi connectivity index (χ3n) is 4.58. The molecule has 146 valence electrons. The largest absolute Gasteiger partial charge is 0.415 e. The predicted octanol–water partition coefficient (Wildman–Crippen LogP) is 4.27. The minimum absolute atomic E-state index is 0.178. The fraction of sp³-hybridized carbons (Fsp3) is 0.368. The molecule has 0 N–H and O–H groups in total. The zero-order valence-electron chi connectivity index (χ0n) is 15.1. The average Bonchev–Trinajstić information content (AvgIpc) is 3.35. The van der Waals surface area contributed by atoms with Crippen molar-refractivity contribution in [2.75, 3.05) is 19.6 Å². The van der Waals surface area contributed by atoms with Gasteiger partial charge in [-0.05, 0) is 55.7 Å². The summed E-state index contributed by atoms with van der Waals surface area (Å²) in [6.07, 6.45) is 7.09. The Morgan fingerprint density at radius 2 is 2.07 bits per heavy atom. The summed E-state index contributed by atoms with van der Waals surface area (Å²) in [5, 5.41) is 6.91. The number of carbonyl (C=O) groups is 1. The fourth-order valence-electron chi connectivity index (χ4n) is 3.12. The number of hydrogen-bond acceptors (Lipinski definition) is 6. The summed E-state index contributed by atoms with van der Waals surface area (Å²) in [6.45, 7) is 2.13. The minimum Gasteiger partial charge on any atom is -0.409 e. The van der Waals surface area contributed by atoms with Crippen LogP contribution in [0, 0.1) is 5.82 Å². The lowest BCUT2D eigenvalue weighted by Gasteiger charge is -2.20. The molecule has 4 rings (SSSR count). The van der Waals surface area contributed by atoms with Crippen LogP contribution in [-0.4, -0.2) is 52.0 Å². The van der Waals surface area contributed by atoms with E-state index in [0.717, 1.165) is 42.3 Å². The maximum absolute atomic E-state index is 13.8. The Labute approximate surface area is 172 Å². The molecule has 0 saturated carbocycles. The lowest BCUT2D eigenvalue weighted by Crippen LogP contribution is -2.30. The second kappa shape index (κ2) is 8.40. The molecule has 0 bridgehead atoms. The van der Waals surface area contributed by atoms with Crippen molar-refractivity contribution in [2.45, 2.75) is 25.7 Å². The number of rotatable bonds is 2. The molecular formula is C19H19FN4O2S2. The van der Waals surface area contributed by atoms with Crippen molar-refractivity contribution in [3.05, 3.63) is 34.5 Å². The molecule has 0 spiro atoms. The van der Waals surface area contributed by atoms with Crippen LogP contribution in [0.25, 0.3) is 6.08 Å². The van der Waals surface area contributed by atoms with Gasteiger partial charge >= 0.3 is 6.09 Å². The SMILES string of the molecule is O=C(Oc1cc(F)ccc1/C=C1\SC(N2CCCC=N2)=NC1=S)N1CCCC1. The van der Waals surface area contributed by atoms with Gasteiger partial charge in [-0.2, -0.15) is 5.10 Å². The van der Waals surface area contributed by atoms with E-state index in [1.807, 2.05) is 11.2 Å². The third kappa shape index (κ3) is 4.25. The number of aliphatic imine (C=N–C) groups is 1. The van der Waals surface area contributed by atoms with Crippen molar-refractivity contribution in [3.63, 3.8) is 0 Å². The zero-order valence-corrected chi connectivity index (χ0v) is 16.8. The van der Waals surface area contributed by atoms with E-state index in [1.165, 1.54) is 23.9 Å². The van der Waals surface area contributed by atoms with E-state index in [4.69, 9.17) is 17.0 Å². The van der Waals surface area contributed by atoms with Crippen LogP contribution in [0.5, 0.6) is 5.75 Å². The summed E-state index contributed by atoms with van der Waals surface area (Å²) in [5.74, 6) is -0.287. The van der Waals surface area contributed by atoms with Crippen LogP contribution in [-0.2, 0) is 0 Å². The van der Waals surface area contributed by atoms with Gasteiger partial charge in [-0.15, -0.1) is 0 Å². The van der Waals surface area contributed by atoms with Gasteiger partial charge < -0.3 is 9.64 Å². The number of thiocarbonyl (C=S) groups is 1. The summed E-state index contributed by atoms with van der Waals surface area (Å²) < 4.78 is 19.2. The zero-order chi connectivity index (χ0) is 19.5. The number of carbonyl (C=O) groups excluding carboxylic acids is 1. The van der Waals surface area contributed by atoms with E-state index in [2.05, 4.69) is 10.1 Å². The number of likely N-dealkylation sites (tertiary alicyclic amines) is 1. The van der Waals surface area contributed by atoms with Crippen LogP contribution in [0.4, 0.5) is 9.18 Å². The Morgan fingerprint density at radius 3 is 2.82 bits per heavy atom. The van der Waals surface area contributed by atoms with Gasteiger partial charge in [0, 0.05) is 37.5 Å². The molecule has 3 aliphatic rings. The van der Waals surface area contributed by atoms with Crippen molar-refractivity contribution >= 4 is 52.5 Å². The second-order valence-corrected chi connectivity index (χ2v) is 8.01. The number of ether oxygens (including phenoxy) is 1. The number of nitrogens with zero attached hydrogens (tertiary/aromatic N) is 4. The molecule has 1 amide bonds. The molecule has 3 aliphatic heterocycles. The van der Waals surface area contributed by atoms with Crippen LogP contribution in [0.3, 0.4) is 0 Å². The number of hydrogen-bond donors (Lipinski definition) is 0. The number of amidine groups is 1. The Hall–Kier alpha value is -2.26. The van der Waals surface area contributed by atoms with Gasteiger partial charge in [0.15, 0.2) is 5.17 Å². The molecule has 0 aliphatic carbocycles. The first-order valence-electron chi connectivity index (χ1n) is 9.19. The molecule has 0 atom stereocenters. The summed E-state index contributed by atoms with van der Waals surface area (Å²) >= 11 is 6.80. The van der Waals surface area contributed by atoms with Crippen LogP contribution in [0.1, 0.15) is 31.2 Å². The van der Waals surface area contributed by atoms with Crippen molar-refractivity contribution in [3.8, 4) is 5.75 Å². The third-order valence-corrected chi connectivity index (χ3v) is 6.03. The standard InChI is InChI=1S/C19H19FN4O2S2/c20-14-6-5-13(15(12-14)26-19(25)23-8-3-4-9-23)11-16-17(27)22-18(28-16)24-10-2-1-7-21-24/h5-7,11-12H,1-4,8-10H2/b16-11-. The second-order valence-electron chi connectivity index (χ2n) is 6.62. The van der Waals surface area contributed by atoms with E-state index < -0.39 is 11.9 Å². The lowest BCUT2D eigenvalue weighted by molar-refractivity contribution is 0.162. The first kappa shape index (κ1) is 19.1. The van der Waals surface area contributed by atoms with E-state index in [0.29, 0.717) is 23.6 Å². The summed E-state index contributed by atoms with van der Waals surface area (Å²) in [5.41, 5.74) is 0.581. The fourth-order valence-corrected chi connectivity index (χ4v) is 4.34. The minimum atomic E-state index is -0.465. The molecule has 1 aromatic carbocycles. The lowest BCUT2D eigenvalue weighted by atomic mass is 10.2. The van der Waals surface area contributed by atoms with E-state index in [9.17, 15) is 9.18 Å². The highest BCUT2D eigenvalue weighted by Gasteiger charge is 2.25. The van der Waals surface area contributed by atoms with Crippen LogP contribution in [0.15, 0.2) is 33.2 Å². The van der Waals surface area contributed by atoms with Crippen LogP contribution in [0.2, 0.25) is 0 Å². The van der Waals surface area contributed by atoms with Crippen molar-refractivity contribution < 1.29 is 13.9 Å². The maximum Gasteiger partial charge on any atom is 0.415 e. The summed E-state index contributed by atoms with van der Waals surface area (Å²) in [6, 6.07) is 4.13. The van der Waals surface area contributed by atoms with Crippen LogP contribution >= 0.6 is 24.0 Å². The molecule has 0 aromatic heterocycles. The molecule has 28 heavy (non-hydrogen) atoms. The van der Waals surface area contributed by atoms with Gasteiger partial charge in [0.05, 0.1) is 4.91 Å². The van der Waals surface area contributed by atoms with Gasteiger partial charge in [-0.3, -0.25) is 0 Å². The van der Waals surface area contributed by atoms with Crippen molar-refractivity contribution in [1.29, 1.82) is 0 Å². The van der Waals surface area contributed by atoms with Gasteiger partial charge in [-0.25, -0.2) is 19.2 Å². The summed E-state index contributed by atoms with van der Waals surface area (Å²) in [7, 11) is 0. The molecule has 3 heterocycles. The highest BCUT2D eigenvalue weighted by Crippen LogP contribution is 2.34. The molecule has 0 unspecified atom stereocenters. The highest BCUT2D eigenvalue weighted by molar-refractivity contribution is 8.19. The normalized spacial score (nSPS) is 20.8. The average molecular weight is 419 g/mol. The van der Waals surface area contributed by atoms with Crippen molar-refractivity contribution in [1.82, 2.24) is 9.91 Å². The number of amides is 1. The first-order chi connectivity index (χ1) is 13.6. The molecule has 1 fully saturated rings. The Bertz CT molecular complexity index is 894. The van der Waals surface area contributed by atoms with E-state index in [-0.39, 0.29) is 5.75 Å². The molecule has 6 nitrogen and oxygen atoms in total. The molecular weight excluding hydrogens is 399 g/mol. The smallest absolute Gasteiger partial charge is 0.409 e. The number of thioether (sulfide) groups is 1. The van der Waals surface area contributed by atoms with Gasteiger partial charge in [-0.1, -0.05) is 12.2 Å². The quantitative estimate of drug-likeness (QED) is 0.530. The van der Waals surface area contributed by atoms with Gasteiger partial charge in [0.1, 0.15) is 16.6 Å². The van der Waals surface area contributed by atoms with Gasteiger partial charge in [0.2, 0.25) is 0 Å². The summed E-state index contributed by atoms with van der Waals surface area (Å²) in [4.78, 5) is 19.6. The number of benzene rings is 1. The predicted molar refractivity (Wildman–Crippen MR) is 113 cm³/mol. The number of halogens is 1.